The molecule has 0 bridgehead atoms. The number of nitrogens with two attached hydrogens (primary N) is 1. The zero-order valence-corrected chi connectivity index (χ0v) is 24.7. The molecular weight excluding hydrogens is 572 g/mol. The largest absolute Gasteiger partial charge is 0.388 e. The number of rotatable bonds is 10. The minimum Gasteiger partial charge on any atom is -0.388 e. The number of nitrogens with zero attached hydrogens (tertiary/aromatic N) is 2. The highest BCUT2D eigenvalue weighted by molar-refractivity contribution is 6.09. The van der Waals surface area contributed by atoms with Gasteiger partial charge in [-0.1, -0.05) is 30.3 Å². The average Bonchev–Trinajstić information content (AvgIpc) is 3.57. The Morgan fingerprint density at radius 2 is 1.18 bits per heavy atom. The summed E-state index contributed by atoms with van der Waals surface area (Å²) < 4.78 is 3.16. The van der Waals surface area contributed by atoms with Gasteiger partial charge in [0.05, 0.1) is 17.2 Å². The first-order valence-electron chi connectivity index (χ1n) is 14.0. The average molecular weight is 605 g/mol. The third-order valence-electron chi connectivity index (χ3n) is 7.09. The summed E-state index contributed by atoms with van der Waals surface area (Å²) in [6, 6.07) is 22.9. The van der Waals surface area contributed by atoms with E-state index >= 15 is 0 Å². The van der Waals surface area contributed by atoms with Crippen LogP contribution in [-0.2, 0) is 14.1 Å². The summed E-state index contributed by atoms with van der Waals surface area (Å²) >= 11 is 0. The SMILES string of the molecule is Cn1cc(NC(=O)c2cc(NC(=O)c3ccc(NC(=O)c4ccc5ccccc5c4)cc3)cn2C)cc1C(=O)NCCC(=N)N. The number of fused-ring (bicyclic) bond motifs is 1. The van der Waals surface area contributed by atoms with Crippen molar-refractivity contribution in [3.63, 3.8) is 0 Å². The standard InChI is InChI=1S/C33H32N8O4/c1-40-19-26(16-27(40)32(44)36-14-13-29(34)35)39-33(45)28-17-25(18-41(28)2)38-30(42)21-9-11-24(12-10-21)37-31(43)23-8-7-20-5-3-4-6-22(20)15-23/h3-12,15-19H,13-14H2,1-2H3,(H3,34,35)(H,36,44)(H,37,43)(H,38,42)(H,39,45). The molecule has 12 heteroatoms. The van der Waals surface area contributed by atoms with E-state index in [1.54, 1.807) is 78.1 Å². The summed E-state index contributed by atoms with van der Waals surface area (Å²) in [5.74, 6) is -1.46. The number of aryl methyl sites for hydroxylation is 2. The number of anilines is 3. The highest BCUT2D eigenvalue weighted by Crippen LogP contribution is 2.20. The van der Waals surface area contributed by atoms with Crippen molar-refractivity contribution in [3.8, 4) is 0 Å². The summed E-state index contributed by atoms with van der Waals surface area (Å²) in [4.78, 5) is 51.1. The second kappa shape index (κ2) is 13.0. The van der Waals surface area contributed by atoms with Gasteiger partial charge in [-0.05, 0) is 59.3 Å². The van der Waals surface area contributed by atoms with Crippen molar-refractivity contribution in [2.45, 2.75) is 6.42 Å². The molecule has 0 spiro atoms. The van der Waals surface area contributed by atoms with E-state index in [9.17, 15) is 19.2 Å². The third-order valence-corrected chi connectivity index (χ3v) is 7.09. The van der Waals surface area contributed by atoms with Crippen molar-refractivity contribution in [1.82, 2.24) is 14.5 Å². The van der Waals surface area contributed by atoms with Crippen LogP contribution in [0.4, 0.5) is 17.1 Å². The van der Waals surface area contributed by atoms with E-state index < -0.39 is 5.91 Å². The van der Waals surface area contributed by atoms with E-state index in [2.05, 4.69) is 21.3 Å². The van der Waals surface area contributed by atoms with Crippen molar-refractivity contribution in [1.29, 1.82) is 5.41 Å². The molecular formula is C33H32N8O4. The molecule has 0 aliphatic heterocycles. The minimum atomic E-state index is -0.432. The lowest BCUT2D eigenvalue weighted by molar-refractivity contribution is 0.0944. The molecule has 0 saturated carbocycles. The summed E-state index contributed by atoms with van der Waals surface area (Å²) in [5.41, 5.74) is 8.20. The van der Waals surface area contributed by atoms with Crippen LogP contribution in [0.2, 0.25) is 0 Å². The molecule has 5 rings (SSSR count). The topological polar surface area (TPSA) is 176 Å². The lowest BCUT2D eigenvalue weighted by atomic mass is 10.1. The number of hydrogen-bond donors (Lipinski definition) is 6. The fraction of sp³-hybridized carbons (Fsp3) is 0.121. The number of carbonyl (C=O) groups is 4. The fourth-order valence-corrected chi connectivity index (χ4v) is 4.76. The van der Waals surface area contributed by atoms with Crippen LogP contribution in [0.25, 0.3) is 10.8 Å². The lowest BCUT2D eigenvalue weighted by Crippen LogP contribution is -2.28. The third kappa shape index (κ3) is 7.25. The van der Waals surface area contributed by atoms with Gasteiger partial charge in [-0.3, -0.25) is 24.6 Å². The molecule has 45 heavy (non-hydrogen) atoms. The Bertz CT molecular complexity index is 1940. The van der Waals surface area contributed by atoms with Crippen LogP contribution in [0.1, 0.15) is 48.1 Å². The molecule has 228 valence electrons. The van der Waals surface area contributed by atoms with Crippen LogP contribution in [0.15, 0.2) is 91.3 Å². The molecule has 4 amide bonds. The first-order valence-corrected chi connectivity index (χ1v) is 14.0. The Labute approximate surface area is 258 Å². The van der Waals surface area contributed by atoms with E-state index in [0.29, 0.717) is 33.9 Å². The van der Waals surface area contributed by atoms with Gasteiger partial charge >= 0.3 is 0 Å². The van der Waals surface area contributed by atoms with Crippen LogP contribution in [-0.4, -0.2) is 45.1 Å². The smallest absolute Gasteiger partial charge is 0.272 e. The van der Waals surface area contributed by atoms with Gasteiger partial charge in [0.15, 0.2) is 0 Å². The van der Waals surface area contributed by atoms with E-state index in [1.165, 1.54) is 0 Å². The number of benzene rings is 3. The number of amides is 4. The molecule has 7 N–H and O–H groups in total. The number of amidine groups is 1. The van der Waals surface area contributed by atoms with E-state index in [-0.39, 0.29) is 42.2 Å². The maximum atomic E-state index is 13.0. The molecule has 2 aromatic heterocycles. The van der Waals surface area contributed by atoms with Crippen LogP contribution >= 0.6 is 0 Å². The van der Waals surface area contributed by atoms with Crippen LogP contribution in [0.3, 0.4) is 0 Å². The van der Waals surface area contributed by atoms with Gasteiger partial charge in [-0.25, -0.2) is 0 Å². The predicted molar refractivity (Wildman–Crippen MR) is 174 cm³/mol. The summed E-state index contributed by atoms with van der Waals surface area (Å²) in [6.45, 7) is 0.228. The van der Waals surface area contributed by atoms with E-state index in [1.807, 2.05) is 36.4 Å². The Kier molecular flexibility index (Phi) is 8.75. The second-order valence-electron chi connectivity index (χ2n) is 10.5. The van der Waals surface area contributed by atoms with Crippen LogP contribution in [0, 0.1) is 5.41 Å². The Morgan fingerprint density at radius 3 is 1.82 bits per heavy atom. The van der Waals surface area contributed by atoms with Crippen molar-refractivity contribution < 1.29 is 19.2 Å². The maximum absolute atomic E-state index is 13.0. The molecule has 2 heterocycles. The zero-order valence-electron chi connectivity index (χ0n) is 24.7. The van der Waals surface area contributed by atoms with Crippen molar-refractivity contribution in [2.24, 2.45) is 19.8 Å². The van der Waals surface area contributed by atoms with Gasteiger partial charge in [0.25, 0.3) is 23.6 Å². The molecule has 0 saturated heterocycles. The molecule has 0 unspecified atom stereocenters. The molecule has 0 atom stereocenters. The summed E-state index contributed by atoms with van der Waals surface area (Å²) in [6.07, 6.45) is 3.46. The maximum Gasteiger partial charge on any atom is 0.272 e. The van der Waals surface area contributed by atoms with Gasteiger partial charge in [0, 0.05) is 56.3 Å². The number of nitrogens with one attached hydrogen (secondary N) is 5. The van der Waals surface area contributed by atoms with Crippen molar-refractivity contribution in [2.75, 3.05) is 22.5 Å². The summed E-state index contributed by atoms with van der Waals surface area (Å²) in [5, 5.41) is 20.4. The number of carbonyl (C=O) groups excluding carboxylic acids is 4. The quantitative estimate of drug-likeness (QED) is 0.103. The predicted octanol–water partition coefficient (Wildman–Crippen LogP) is 4.33. The highest BCUT2D eigenvalue weighted by atomic mass is 16.2. The molecule has 0 aliphatic rings. The second-order valence-corrected chi connectivity index (χ2v) is 10.5. The van der Waals surface area contributed by atoms with Gasteiger partial charge in [-0.15, -0.1) is 0 Å². The van der Waals surface area contributed by atoms with Crippen molar-refractivity contribution >= 4 is 57.3 Å². The molecule has 0 radical (unpaired) electrons. The molecule has 0 fully saturated rings. The van der Waals surface area contributed by atoms with Crippen LogP contribution < -0.4 is 27.0 Å². The molecule has 3 aromatic carbocycles. The Balaban J connectivity index is 1.18. The molecule has 0 aliphatic carbocycles. The Hall–Kier alpha value is -6.17. The van der Waals surface area contributed by atoms with E-state index in [0.717, 1.165) is 10.8 Å². The summed E-state index contributed by atoms with van der Waals surface area (Å²) in [7, 11) is 3.35. The van der Waals surface area contributed by atoms with Crippen molar-refractivity contribution in [3.05, 3.63) is 114 Å². The monoisotopic (exact) mass is 604 g/mol. The molecule has 12 nitrogen and oxygen atoms in total. The van der Waals surface area contributed by atoms with Gasteiger partial charge in [0.2, 0.25) is 0 Å². The van der Waals surface area contributed by atoms with Gasteiger partial charge in [-0.2, -0.15) is 0 Å². The molecule has 5 aromatic rings. The zero-order chi connectivity index (χ0) is 32.1. The van der Waals surface area contributed by atoms with Crippen LogP contribution in [0.5, 0.6) is 0 Å². The minimum absolute atomic E-state index is 0.0234. The number of hydrogen-bond acceptors (Lipinski definition) is 5. The van der Waals surface area contributed by atoms with Gasteiger partial charge in [0.1, 0.15) is 11.4 Å². The lowest BCUT2D eigenvalue weighted by Gasteiger charge is -2.08. The first kappa shape index (κ1) is 30.3. The normalized spacial score (nSPS) is 10.7. The fourth-order valence-electron chi connectivity index (χ4n) is 4.76. The number of aromatic nitrogens is 2. The van der Waals surface area contributed by atoms with E-state index in [4.69, 9.17) is 11.1 Å². The Morgan fingerprint density at radius 1 is 0.644 bits per heavy atom. The first-order chi connectivity index (χ1) is 21.6. The van der Waals surface area contributed by atoms with Gasteiger partial charge < -0.3 is 36.1 Å². The highest BCUT2D eigenvalue weighted by Gasteiger charge is 2.17.